The molecule has 0 bridgehead atoms. The van der Waals surface area contributed by atoms with E-state index in [0.29, 0.717) is 4.88 Å². The fourth-order valence-corrected chi connectivity index (χ4v) is 5.71. The number of carbonyl (C=O) groups excluding carboxylic acids is 1. The van der Waals surface area contributed by atoms with Gasteiger partial charge in [-0.2, -0.15) is 39.5 Å². The van der Waals surface area contributed by atoms with Crippen LogP contribution in [-0.4, -0.2) is 45.4 Å². The first-order valence-electron chi connectivity index (χ1n) is 10.9. The number of sulfonamides is 1. The number of ether oxygens (including phenoxy) is 1. The minimum Gasteiger partial charge on any atom is -0.469 e. The maximum absolute atomic E-state index is 14.2. The Balaban J connectivity index is 2.35. The number of hydrogen-bond donors (Lipinski definition) is 1. The van der Waals surface area contributed by atoms with Crippen molar-refractivity contribution in [3.8, 4) is 0 Å². The molecule has 1 N–H and O–H groups in total. The van der Waals surface area contributed by atoms with Gasteiger partial charge < -0.3 is 4.74 Å². The first-order valence-corrected chi connectivity index (χ1v) is 13.2. The Morgan fingerprint density at radius 3 is 2.08 bits per heavy atom. The van der Waals surface area contributed by atoms with Gasteiger partial charge in [-0.05, 0) is 55.7 Å². The van der Waals surface area contributed by atoms with Crippen LogP contribution in [0.2, 0.25) is 0 Å². The van der Waals surface area contributed by atoms with Crippen molar-refractivity contribution in [2.75, 3.05) is 7.11 Å². The number of hydrogen-bond acceptors (Lipinski definition) is 5. The van der Waals surface area contributed by atoms with Crippen LogP contribution in [0.15, 0.2) is 41.3 Å². The predicted molar refractivity (Wildman–Crippen MR) is 119 cm³/mol. The van der Waals surface area contributed by atoms with Crippen molar-refractivity contribution in [1.82, 2.24) is 4.72 Å². The number of thiophene rings is 1. The van der Waals surface area contributed by atoms with E-state index in [0.717, 1.165) is 42.7 Å². The molecule has 1 aromatic heterocycles. The average molecular weight is 618 g/mol. The van der Waals surface area contributed by atoms with Crippen molar-refractivity contribution in [2.45, 2.75) is 67.0 Å². The lowest BCUT2D eigenvalue weighted by molar-refractivity contribution is -0.396. The predicted octanol–water partition coefficient (Wildman–Crippen LogP) is 6.65. The Morgan fingerprint density at radius 2 is 1.54 bits per heavy atom. The molecular formula is C22H21F10NO4S2. The van der Waals surface area contributed by atoms with Crippen LogP contribution in [0.3, 0.4) is 0 Å². The number of rotatable bonds is 13. The number of esters is 1. The highest BCUT2D eigenvalue weighted by molar-refractivity contribution is 7.89. The minimum atomic E-state index is -7.08. The fraction of sp³-hybridized carbons (Fsp3) is 0.500. The summed E-state index contributed by atoms with van der Waals surface area (Å²) in [5.41, 5.74) is 0. The molecule has 1 aromatic carbocycles. The summed E-state index contributed by atoms with van der Waals surface area (Å²) in [7, 11) is -3.47. The molecule has 2 rings (SSSR count). The minimum absolute atomic E-state index is 0.000913. The number of alkyl halides is 9. The van der Waals surface area contributed by atoms with Crippen LogP contribution in [0.25, 0.3) is 0 Å². The zero-order chi connectivity index (χ0) is 29.9. The summed E-state index contributed by atoms with van der Waals surface area (Å²) >= 11 is 0.807. The SMILES string of the molecule is COC(=O)CCCc1ccc(C(CCC(F)(F)C(F)(F)C(F)(F)C(F)(F)F)NS(=O)(=O)c2ccc(F)cc2)s1. The molecule has 0 amide bonds. The van der Waals surface area contributed by atoms with Gasteiger partial charge in [-0.25, -0.2) is 17.5 Å². The van der Waals surface area contributed by atoms with Gasteiger partial charge >= 0.3 is 29.9 Å². The first-order chi connectivity index (χ1) is 17.7. The molecule has 0 saturated heterocycles. The fourth-order valence-electron chi connectivity index (χ4n) is 3.24. The lowest BCUT2D eigenvalue weighted by Gasteiger charge is -2.34. The summed E-state index contributed by atoms with van der Waals surface area (Å²) in [4.78, 5) is 11.1. The molecule has 17 heteroatoms. The van der Waals surface area contributed by atoms with Crippen molar-refractivity contribution >= 4 is 27.3 Å². The molecule has 0 saturated carbocycles. The molecule has 1 heterocycles. The van der Waals surface area contributed by atoms with Crippen molar-refractivity contribution < 1.29 is 61.9 Å². The quantitative estimate of drug-likeness (QED) is 0.202. The molecule has 0 aliphatic heterocycles. The molecule has 1 unspecified atom stereocenters. The molecular weight excluding hydrogens is 596 g/mol. The third-order valence-corrected chi connectivity index (χ3v) is 8.18. The van der Waals surface area contributed by atoms with Gasteiger partial charge in [0.25, 0.3) is 0 Å². The second kappa shape index (κ2) is 12.0. The van der Waals surface area contributed by atoms with E-state index in [4.69, 9.17) is 0 Å². The molecule has 2 aromatic rings. The van der Waals surface area contributed by atoms with Gasteiger partial charge in [0.15, 0.2) is 0 Å². The molecule has 0 aliphatic rings. The van der Waals surface area contributed by atoms with Crippen LogP contribution in [0, 0.1) is 5.82 Å². The second-order valence-electron chi connectivity index (χ2n) is 8.25. The van der Waals surface area contributed by atoms with Crippen LogP contribution in [-0.2, 0) is 26.0 Å². The number of nitrogens with one attached hydrogen (secondary N) is 1. The number of aryl methyl sites for hydroxylation is 1. The van der Waals surface area contributed by atoms with Gasteiger partial charge in [0.2, 0.25) is 10.0 Å². The maximum Gasteiger partial charge on any atom is 0.460 e. The maximum atomic E-state index is 14.2. The Morgan fingerprint density at radius 1 is 0.949 bits per heavy atom. The van der Waals surface area contributed by atoms with E-state index in [1.54, 1.807) is 0 Å². The molecule has 1 atom stereocenters. The van der Waals surface area contributed by atoms with Crippen LogP contribution in [0.4, 0.5) is 43.9 Å². The highest BCUT2D eigenvalue weighted by atomic mass is 32.2. The molecule has 0 fully saturated rings. The van der Waals surface area contributed by atoms with E-state index in [1.165, 1.54) is 12.1 Å². The second-order valence-corrected chi connectivity index (χ2v) is 11.2. The van der Waals surface area contributed by atoms with Crippen LogP contribution in [0.1, 0.15) is 41.5 Å². The summed E-state index contributed by atoms with van der Waals surface area (Å²) in [6.07, 6.45) is -10.1. The first kappa shape index (κ1) is 32.8. The van der Waals surface area contributed by atoms with E-state index in [-0.39, 0.29) is 24.1 Å². The number of methoxy groups -OCH3 is 1. The lowest BCUT2D eigenvalue weighted by atomic mass is 9.97. The molecule has 0 aliphatic carbocycles. The largest absolute Gasteiger partial charge is 0.469 e. The van der Waals surface area contributed by atoms with E-state index >= 15 is 0 Å². The Hall–Kier alpha value is -2.40. The van der Waals surface area contributed by atoms with Gasteiger partial charge in [0.05, 0.1) is 18.0 Å². The van der Waals surface area contributed by atoms with E-state index in [9.17, 15) is 57.1 Å². The summed E-state index contributed by atoms with van der Waals surface area (Å²) in [6.45, 7) is 0. The standard InChI is InChI=1S/C22H21F10NO4S2/c1-37-18(34)4-2-3-14-7-10-17(38-14)16(33-39(35,36)15-8-5-13(23)6-9-15)11-12-19(24,25)20(26,27)21(28,29)22(30,31)32/h5-10,16,33H,2-4,11-12H2,1H3. The van der Waals surface area contributed by atoms with Crippen LogP contribution >= 0.6 is 11.3 Å². The molecule has 39 heavy (non-hydrogen) atoms. The zero-order valence-electron chi connectivity index (χ0n) is 19.8. The average Bonchev–Trinajstić information content (AvgIpc) is 3.29. The number of benzene rings is 1. The lowest BCUT2D eigenvalue weighted by Crippen LogP contribution is -2.60. The van der Waals surface area contributed by atoms with Gasteiger partial charge in [-0.15, -0.1) is 11.3 Å². The summed E-state index contributed by atoms with van der Waals surface area (Å²) in [5.74, 6) is -21.2. The van der Waals surface area contributed by atoms with Crippen LogP contribution < -0.4 is 4.72 Å². The molecule has 5 nitrogen and oxygen atoms in total. The Kier molecular flexibility index (Phi) is 10.1. The summed E-state index contributed by atoms with van der Waals surface area (Å²) in [6, 6.07) is 3.95. The van der Waals surface area contributed by atoms with Gasteiger partial charge in [-0.1, -0.05) is 0 Å². The molecule has 220 valence electrons. The van der Waals surface area contributed by atoms with Gasteiger partial charge in [-0.3, -0.25) is 4.79 Å². The van der Waals surface area contributed by atoms with E-state index in [2.05, 4.69) is 4.74 Å². The Labute approximate surface area is 220 Å². The third kappa shape index (κ3) is 7.63. The van der Waals surface area contributed by atoms with Crippen molar-refractivity contribution in [1.29, 1.82) is 0 Å². The normalized spacial score (nSPS) is 14.3. The van der Waals surface area contributed by atoms with E-state index < -0.39 is 69.5 Å². The smallest absolute Gasteiger partial charge is 0.460 e. The summed E-state index contributed by atoms with van der Waals surface area (Å²) < 4.78 is 165. The summed E-state index contributed by atoms with van der Waals surface area (Å²) in [5, 5.41) is 0. The zero-order valence-corrected chi connectivity index (χ0v) is 21.4. The van der Waals surface area contributed by atoms with Crippen LogP contribution in [0.5, 0.6) is 0 Å². The monoisotopic (exact) mass is 617 g/mol. The highest BCUT2D eigenvalue weighted by Gasteiger charge is 2.81. The van der Waals surface area contributed by atoms with Gasteiger partial charge in [0, 0.05) is 22.6 Å². The van der Waals surface area contributed by atoms with E-state index in [1.807, 2.05) is 4.72 Å². The van der Waals surface area contributed by atoms with Gasteiger partial charge in [0.1, 0.15) is 5.82 Å². The van der Waals surface area contributed by atoms with Crippen molar-refractivity contribution in [2.24, 2.45) is 0 Å². The third-order valence-electron chi connectivity index (χ3n) is 5.44. The molecule has 0 radical (unpaired) electrons. The number of carbonyl (C=O) groups is 1. The Bertz CT molecular complexity index is 1230. The van der Waals surface area contributed by atoms with Crippen molar-refractivity contribution in [3.63, 3.8) is 0 Å². The highest BCUT2D eigenvalue weighted by Crippen LogP contribution is 2.54. The topological polar surface area (TPSA) is 72.5 Å². The number of halogens is 10. The van der Waals surface area contributed by atoms with Crippen molar-refractivity contribution in [3.05, 3.63) is 52.0 Å². The molecule has 0 spiro atoms.